The highest BCUT2D eigenvalue weighted by Gasteiger charge is 2.52. The van der Waals surface area contributed by atoms with Crippen molar-refractivity contribution < 1.29 is 9.31 Å². The summed E-state index contributed by atoms with van der Waals surface area (Å²) < 4.78 is 13.5. The smallest absolute Gasteiger partial charge is 0.399 e. The molecular weight excluding hydrogens is 846 g/mol. The fourth-order valence-electron chi connectivity index (χ4n) is 13.5. The van der Waals surface area contributed by atoms with Gasteiger partial charge in [0.15, 0.2) is 0 Å². The fraction of sp³-hybridized carbons (Fsp3) is 0.364. The summed E-state index contributed by atoms with van der Waals surface area (Å²) >= 11 is 0. The molecule has 2 nitrogen and oxygen atoms in total. The highest BCUT2D eigenvalue weighted by Crippen LogP contribution is 2.57. The van der Waals surface area contributed by atoms with E-state index >= 15 is 0 Å². The molecule has 0 bridgehead atoms. The molecule has 5 aliphatic rings. The van der Waals surface area contributed by atoms with E-state index in [1.807, 2.05) is 0 Å². The van der Waals surface area contributed by atoms with Gasteiger partial charge >= 0.3 is 7.12 Å². The van der Waals surface area contributed by atoms with Crippen molar-refractivity contribution >= 4 is 25.9 Å². The molecular formula is C66H68B2O2. The third-order valence-electron chi connectivity index (χ3n) is 18.3. The maximum absolute atomic E-state index is 7.03. The lowest BCUT2D eigenvalue weighted by Crippen LogP contribution is -2.41. The average Bonchev–Trinajstić information content (AvgIpc) is 3.89. The summed E-state index contributed by atoms with van der Waals surface area (Å²) in [6, 6.07) is 56.2. The zero-order valence-corrected chi connectivity index (χ0v) is 42.1. The van der Waals surface area contributed by atoms with E-state index in [2.05, 4.69) is 173 Å². The quantitative estimate of drug-likeness (QED) is 0.0669. The molecule has 0 N–H and O–H groups in total. The van der Waals surface area contributed by atoms with Gasteiger partial charge in [-0.2, -0.15) is 0 Å². The monoisotopic (exact) mass is 915 g/mol. The predicted octanol–water partition coefficient (Wildman–Crippen LogP) is 14.0. The van der Waals surface area contributed by atoms with Gasteiger partial charge in [0.05, 0.1) is 11.2 Å². The average molecular weight is 915 g/mol. The number of aryl methyl sites for hydroxylation is 6. The van der Waals surface area contributed by atoms with Gasteiger partial charge in [0.2, 0.25) is 0 Å². The first kappa shape index (κ1) is 45.7. The zero-order chi connectivity index (χ0) is 47.7. The summed E-state index contributed by atoms with van der Waals surface area (Å²) in [5.74, 6) is 0. The Morgan fingerprint density at radius 1 is 0.414 bits per heavy atom. The maximum Gasteiger partial charge on any atom is 0.495 e. The highest BCUT2D eigenvalue weighted by molar-refractivity contribution is 6.63. The topological polar surface area (TPSA) is 18.5 Å². The van der Waals surface area contributed by atoms with Gasteiger partial charge in [0.25, 0.3) is 0 Å². The number of hydrogen-bond donors (Lipinski definition) is 0. The van der Waals surface area contributed by atoms with Crippen molar-refractivity contribution in [2.45, 2.75) is 152 Å². The zero-order valence-electron chi connectivity index (χ0n) is 42.1. The van der Waals surface area contributed by atoms with E-state index in [1.165, 1.54) is 148 Å². The second kappa shape index (κ2) is 18.0. The van der Waals surface area contributed by atoms with Crippen molar-refractivity contribution in [1.82, 2.24) is 0 Å². The molecule has 0 aromatic heterocycles. The van der Waals surface area contributed by atoms with Crippen molar-refractivity contribution in [2.75, 3.05) is 0 Å². The fourth-order valence-corrected chi connectivity index (χ4v) is 13.5. The maximum atomic E-state index is 7.03. The summed E-state index contributed by atoms with van der Waals surface area (Å²) in [5.41, 5.74) is 24.1. The lowest BCUT2D eigenvalue weighted by Gasteiger charge is -2.35. The van der Waals surface area contributed by atoms with Gasteiger partial charge < -0.3 is 9.31 Å². The van der Waals surface area contributed by atoms with Crippen LogP contribution in [0.1, 0.15) is 159 Å². The Labute approximate surface area is 420 Å². The minimum Gasteiger partial charge on any atom is -0.399 e. The molecule has 1 saturated heterocycles. The van der Waals surface area contributed by atoms with E-state index in [-0.39, 0.29) is 10.8 Å². The third kappa shape index (κ3) is 7.53. The minimum absolute atomic E-state index is 0.116. The van der Waals surface area contributed by atoms with Crippen molar-refractivity contribution in [1.29, 1.82) is 0 Å². The normalized spacial score (nSPS) is 17.7. The van der Waals surface area contributed by atoms with Crippen LogP contribution in [0.15, 0.2) is 146 Å². The summed E-state index contributed by atoms with van der Waals surface area (Å²) in [7, 11) is 6.62. The summed E-state index contributed by atoms with van der Waals surface area (Å²) in [4.78, 5) is 0. The van der Waals surface area contributed by atoms with Crippen LogP contribution in [0.3, 0.4) is 0 Å². The number of benzene rings is 7. The first-order chi connectivity index (χ1) is 34.1. The first-order valence-electron chi connectivity index (χ1n) is 27.0. The Hall–Kier alpha value is -5.41. The van der Waals surface area contributed by atoms with Crippen molar-refractivity contribution in [3.05, 3.63) is 212 Å². The van der Waals surface area contributed by atoms with Gasteiger partial charge in [-0.05, 0) is 181 Å². The van der Waals surface area contributed by atoms with Gasteiger partial charge in [-0.3, -0.25) is 0 Å². The minimum atomic E-state index is -0.415. The Morgan fingerprint density at radius 2 is 0.800 bits per heavy atom. The molecule has 0 spiro atoms. The molecule has 0 unspecified atom stereocenters. The summed E-state index contributed by atoms with van der Waals surface area (Å²) in [5, 5.41) is 0. The van der Waals surface area contributed by atoms with Crippen LogP contribution >= 0.6 is 0 Å². The molecule has 4 aliphatic carbocycles. The molecule has 1 fully saturated rings. The van der Waals surface area contributed by atoms with E-state index in [0.29, 0.717) is 0 Å². The van der Waals surface area contributed by atoms with Gasteiger partial charge in [-0.15, -0.1) is 0 Å². The second-order valence-electron chi connectivity index (χ2n) is 22.6. The number of unbranched alkanes of at least 4 members (excludes halogenated alkanes) is 6. The molecule has 0 amide bonds. The molecule has 0 atom stereocenters. The van der Waals surface area contributed by atoms with Gasteiger partial charge in [0, 0.05) is 10.8 Å². The molecule has 12 rings (SSSR count). The van der Waals surface area contributed by atoms with Crippen molar-refractivity contribution in [3.8, 4) is 22.3 Å². The number of fused-ring (bicyclic) bond motifs is 8. The lowest BCUT2D eigenvalue weighted by atomic mass is 9.67. The molecule has 1 aliphatic heterocycles. The number of rotatable bonds is 17. The van der Waals surface area contributed by atoms with Crippen LogP contribution in [0.4, 0.5) is 0 Å². The van der Waals surface area contributed by atoms with Crippen LogP contribution in [-0.2, 0) is 58.7 Å². The van der Waals surface area contributed by atoms with Crippen LogP contribution in [0.5, 0.6) is 0 Å². The van der Waals surface area contributed by atoms with E-state index < -0.39 is 18.3 Å². The van der Waals surface area contributed by atoms with Crippen LogP contribution in [0.2, 0.25) is 0 Å². The molecule has 1 heterocycles. The summed E-state index contributed by atoms with van der Waals surface area (Å²) in [6.45, 7) is 8.65. The SMILES string of the molecule is [B]c1cc(CCCCCCC2(c3ccc4c(c3)CC4)c3ccccc3-c3ccccc32)c(B2OC(C)(C)C(C)(C)O2)cc1CCCCCCC1(c2ccc3c(c2)CC3)c2ccccc2-c2ccccc21. The Balaban J connectivity index is 0.724. The Bertz CT molecular complexity index is 3010. The van der Waals surface area contributed by atoms with E-state index in [9.17, 15) is 0 Å². The standard InChI is InChI=1S/C66H68B2O2/c1-63(2)64(3,4)70-68(69-63)62-44-49(21-9-5-7-19-39-65(51-37-35-45-31-33-47(45)41-51)57-27-15-11-23-53(57)54-24-12-16-28-58(54)65)61(67)43-50(62)22-10-6-8-20-40-66(52-38-36-46-32-34-48(46)42-52)59-29-17-13-25-55(59)56-26-14-18-30-60(56)66/h11-18,23-30,35-38,41-44H,5-10,19-22,31-34,39-40H2,1-4H3. The van der Waals surface area contributed by atoms with Crippen molar-refractivity contribution in [2.24, 2.45) is 0 Å². The molecule has 7 aromatic carbocycles. The van der Waals surface area contributed by atoms with Gasteiger partial charge in [-0.1, -0.05) is 195 Å². The van der Waals surface area contributed by atoms with Crippen LogP contribution in [0, 0.1) is 0 Å². The van der Waals surface area contributed by atoms with E-state index in [4.69, 9.17) is 17.2 Å². The molecule has 7 aromatic rings. The van der Waals surface area contributed by atoms with Gasteiger partial charge in [-0.25, -0.2) is 0 Å². The van der Waals surface area contributed by atoms with Gasteiger partial charge in [0.1, 0.15) is 7.85 Å². The predicted molar refractivity (Wildman–Crippen MR) is 292 cm³/mol. The molecule has 2 radical (unpaired) electrons. The largest absolute Gasteiger partial charge is 0.495 e. The van der Waals surface area contributed by atoms with Crippen molar-refractivity contribution in [3.63, 3.8) is 0 Å². The van der Waals surface area contributed by atoms with Crippen LogP contribution in [0.25, 0.3) is 22.3 Å². The first-order valence-corrected chi connectivity index (χ1v) is 27.0. The Kier molecular flexibility index (Phi) is 11.8. The second-order valence-corrected chi connectivity index (χ2v) is 22.6. The molecule has 70 heavy (non-hydrogen) atoms. The van der Waals surface area contributed by atoms with E-state index in [1.54, 1.807) is 11.1 Å². The highest BCUT2D eigenvalue weighted by atomic mass is 16.7. The van der Waals surface area contributed by atoms with Crippen LogP contribution < -0.4 is 10.9 Å². The molecule has 350 valence electrons. The van der Waals surface area contributed by atoms with Crippen LogP contribution in [-0.4, -0.2) is 26.2 Å². The third-order valence-corrected chi connectivity index (χ3v) is 18.3. The Morgan fingerprint density at radius 3 is 1.20 bits per heavy atom. The number of hydrogen-bond acceptors (Lipinski definition) is 2. The lowest BCUT2D eigenvalue weighted by molar-refractivity contribution is 0.00578. The molecule has 4 heteroatoms. The van der Waals surface area contributed by atoms with E-state index in [0.717, 1.165) is 44.0 Å². The summed E-state index contributed by atoms with van der Waals surface area (Å²) in [6.07, 6.45) is 18.2. The molecule has 0 saturated carbocycles.